The molecule has 0 aromatic carbocycles. The van der Waals surface area contributed by atoms with E-state index >= 15 is 0 Å². The first kappa shape index (κ1) is 41.4. The number of urea groups is 2. The molecule has 0 heterocycles. The molecule has 4 saturated carbocycles. The second kappa shape index (κ2) is 19.6. The van der Waals surface area contributed by atoms with Gasteiger partial charge >= 0.3 is 24.2 Å². The molecular formula is C36H68N8O6. The smallest absolute Gasteiger partial charge is 0.407 e. The second-order valence-electron chi connectivity index (χ2n) is 16.8. The highest BCUT2D eigenvalue weighted by molar-refractivity contribution is 5.75. The van der Waals surface area contributed by atoms with Crippen LogP contribution in [0.15, 0.2) is 0 Å². The molecule has 0 radical (unpaired) electrons. The Morgan fingerprint density at radius 1 is 0.400 bits per heavy atom. The molecule has 0 spiro atoms. The predicted octanol–water partition coefficient (Wildman–Crippen LogP) is 4.78. The van der Waals surface area contributed by atoms with Crippen molar-refractivity contribution < 1.29 is 28.7 Å². The standard InChI is InChI=1S/2C18H34N4O3/c2*1-18(2,3)25-17(24)22-15-10-8-14(9-11-15)21-16(23)20-13-6-4-12(19)5-7-13/h2*12-15H,4-11,19H2,1-3H3,(H,22,24)(H2,20,21,23). The summed E-state index contributed by atoms with van der Waals surface area (Å²) in [7, 11) is 0. The number of nitrogens with one attached hydrogen (secondary N) is 6. The van der Waals surface area contributed by atoms with Crippen LogP contribution in [-0.2, 0) is 9.47 Å². The summed E-state index contributed by atoms with van der Waals surface area (Å²) >= 11 is 0. The van der Waals surface area contributed by atoms with E-state index in [1.165, 1.54) is 0 Å². The third-order valence-corrected chi connectivity index (χ3v) is 9.78. The first-order valence-electron chi connectivity index (χ1n) is 19.1. The first-order chi connectivity index (χ1) is 23.4. The molecule has 0 aromatic heterocycles. The quantitative estimate of drug-likeness (QED) is 0.192. The normalized spacial score (nSPS) is 30.2. The van der Waals surface area contributed by atoms with Crippen molar-refractivity contribution >= 4 is 24.2 Å². The molecule has 288 valence electrons. The zero-order valence-corrected chi connectivity index (χ0v) is 31.5. The van der Waals surface area contributed by atoms with Crippen LogP contribution in [0.2, 0.25) is 0 Å². The number of hydrogen-bond acceptors (Lipinski definition) is 8. The molecular weight excluding hydrogens is 640 g/mol. The van der Waals surface area contributed by atoms with E-state index in [9.17, 15) is 19.2 Å². The maximum Gasteiger partial charge on any atom is 0.407 e. The summed E-state index contributed by atoms with van der Waals surface area (Å²) < 4.78 is 10.6. The topological polar surface area (TPSA) is 211 Å². The van der Waals surface area contributed by atoms with Crippen molar-refractivity contribution in [3.8, 4) is 0 Å². The lowest BCUT2D eigenvalue weighted by molar-refractivity contribution is 0.0478. The van der Waals surface area contributed by atoms with E-state index in [0.717, 1.165) is 103 Å². The molecule has 14 heteroatoms. The Bertz CT molecular complexity index is 979. The van der Waals surface area contributed by atoms with Crippen LogP contribution >= 0.6 is 0 Å². The monoisotopic (exact) mass is 709 g/mol. The molecule has 0 unspecified atom stereocenters. The molecule has 10 N–H and O–H groups in total. The maximum absolute atomic E-state index is 12.1. The Kier molecular flexibility index (Phi) is 16.2. The van der Waals surface area contributed by atoms with Crippen LogP contribution in [0.5, 0.6) is 0 Å². The summed E-state index contributed by atoms with van der Waals surface area (Å²) in [5, 5.41) is 18.1. The van der Waals surface area contributed by atoms with E-state index < -0.39 is 11.2 Å². The number of rotatable bonds is 6. The number of ether oxygens (including phenoxy) is 2. The average molecular weight is 709 g/mol. The number of alkyl carbamates (subject to hydrolysis) is 2. The molecule has 6 amide bonds. The van der Waals surface area contributed by atoms with E-state index in [1.54, 1.807) is 0 Å². The summed E-state index contributed by atoms with van der Waals surface area (Å²) in [4.78, 5) is 47.9. The lowest BCUT2D eigenvalue weighted by Gasteiger charge is -2.31. The largest absolute Gasteiger partial charge is 0.444 e. The summed E-state index contributed by atoms with van der Waals surface area (Å²) in [6.07, 6.45) is 13.9. The lowest BCUT2D eigenvalue weighted by atomic mass is 9.91. The van der Waals surface area contributed by atoms with E-state index in [4.69, 9.17) is 20.9 Å². The predicted molar refractivity (Wildman–Crippen MR) is 195 cm³/mol. The van der Waals surface area contributed by atoms with Crippen LogP contribution in [0.3, 0.4) is 0 Å². The SMILES string of the molecule is CC(C)(C)OC(=O)NC1CCC(NC(=O)NC2CCC(N)CC2)CC1.CC(C)(C)OC(=O)NC1CCC(NC(=O)NC2CCC(N)CC2)CC1. The van der Waals surface area contributed by atoms with Gasteiger partial charge < -0.3 is 52.8 Å². The molecule has 4 fully saturated rings. The summed E-state index contributed by atoms with van der Waals surface area (Å²) in [6.45, 7) is 11.1. The van der Waals surface area contributed by atoms with E-state index in [-0.39, 0.29) is 72.6 Å². The van der Waals surface area contributed by atoms with Gasteiger partial charge in [0.05, 0.1) is 0 Å². The maximum atomic E-state index is 12.1. The average Bonchev–Trinajstić information content (AvgIpc) is 3.00. The van der Waals surface area contributed by atoms with Crippen LogP contribution < -0.4 is 43.4 Å². The molecule has 4 rings (SSSR count). The minimum absolute atomic E-state index is 0.0796. The van der Waals surface area contributed by atoms with Crippen LogP contribution in [-0.4, -0.2) is 83.8 Å². The Morgan fingerprint density at radius 3 is 0.820 bits per heavy atom. The van der Waals surface area contributed by atoms with Gasteiger partial charge in [-0.05, 0) is 144 Å². The van der Waals surface area contributed by atoms with Crippen molar-refractivity contribution in [3.05, 3.63) is 0 Å². The van der Waals surface area contributed by atoms with Gasteiger partial charge in [-0.25, -0.2) is 19.2 Å². The van der Waals surface area contributed by atoms with Gasteiger partial charge in [-0.3, -0.25) is 0 Å². The fourth-order valence-electron chi connectivity index (χ4n) is 7.06. The Balaban J connectivity index is 0.000000270. The van der Waals surface area contributed by atoms with E-state index in [0.29, 0.717) is 0 Å². The minimum atomic E-state index is -0.482. The van der Waals surface area contributed by atoms with Crippen LogP contribution in [0.4, 0.5) is 19.2 Å². The zero-order chi connectivity index (χ0) is 36.9. The van der Waals surface area contributed by atoms with Gasteiger partial charge in [0.25, 0.3) is 0 Å². The van der Waals surface area contributed by atoms with Gasteiger partial charge in [0.15, 0.2) is 0 Å². The van der Waals surface area contributed by atoms with Crippen molar-refractivity contribution in [2.24, 2.45) is 11.5 Å². The second-order valence-corrected chi connectivity index (χ2v) is 16.8. The van der Waals surface area contributed by atoms with Gasteiger partial charge in [0.1, 0.15) is 11.2 Å². The molecule has 14 nitrogen and oxygen atoms in total. The summed E-state index contributed by atoms with van der Waals surface area (Å²) in [6, 6.07) is 1.47. The fraction of sp³-hybridized carbons (Fsp3) is 0.889. The lowest BCUT2D eigenvalue weighted by Crippen LogP contribution is -2.50. The number of carbonyl (C=O) groups is 4. The molecule has 0 saturated heterocycles. The van der Waals surface area contributed by atoms with Gasteiger partial charge in [-0.15, -0.1) is 0 Å². The summed E-state index contributed by atoms with van der Waals surface area (Å²) in [5.74, 6) is 0. The first-order valence-corrected chi connectivity index (χ1v) is 19.1. The number of nitrogens with two attached hydrogens (primary N) is 2. The van der Waals surface area contributed by atoms with Crippen molar-refractivity contribution in [2.75, 3.05) is 0 Å². The molecule has 0 bridgehead atoms. The number of amides is 6. The van der Waals surface area contributed by atoms with Crippen LogP contribution in [0.25, 0.3) is 0 Å². The van der Waals surface area contributed by atoms with Crippen molar-refractivity contribution in [1.82, 2.24) is 31.9 Å². The number of hydrogen-bond donors (Lipinski definition) is 8. The third-order valence-electron chi connectivity index (χ3n) is 9.78. The van der Waals surface area contributed by atoms with Gasteiger partial charge in [0.2, 0.25) is 0 Å². The molecule has 4 aliphatic carbocycles. The van der Waals surface area contributed by atoms with Crippen molar-refractivity contribution in [2.45, 2.75) is 204 Å². The van der Waals surface area contributed by atoms with Crippen LogP contribution in [0.1, 0.15) is 144 Å². The van der Waals surface area contributed by atoms with Gasteiger partial charge in [-0.2, -0.15) is 0 Å². The Labute approximate surface area is 299 Å². The highest BCUT2D eigenvalue weighted by Crippen LogP contribution is 2.22. The third kappa shape index (κ3) is 17.3. The Morgan fingerprint density at radius 2 is 0.600 bits per heavy atom. The van der Waals surface area contributed by atoms with Crippen LogP contribution in [0, 0.1) is 0 Å². The highest BCUT2D eigenvalue weighted by Gasteiger charge is 2.28. The molecule has 0 aliphatic heterocycles. The fourth-order valence-corrected chi connectivity index (χ4v) is 7.06. The van der Waals surface area contributed by atoms with Crippen molar-refractivity contribution in [1.29, 1.82) is 0 Å². The number of carbonyl (C=O) groups excluding carboxylic acids is 4. The van der Waals surface area contributed by atoms with E-state index in [2.05, 4.69) is 31.9 Å². The molecule has 0 aromatic rings. The Hall–Kier alpha value is -3.00. The van der Waals surface area contributed by atoms with Crippen molar-refractivity contribution in [3.63, 3.8) is 0 Å². The zero-order valence-electron chi connectivity index (χ0n) is 31.5. The molecule has 50 heavy (non-hydrogen) atoms. The molecule has 4 aliphatic rings. The highest BCUT2D eigenvalue weighted by atomic mass is 16.6. The molecule has 0 atom stereocenters. The van der Waals surface area contributed by atoms with E-state index in [1.807, 2.05) is 41.5 Å². The minimum Gasteiger partial charge on any atom is -0.444 e. The summed E-state index contributed by atoms with van der Waals surface area (Å²) in [5.41, 5.74) is 10.8. The van der Waals surface area contributed by atoms with Gasteiger partial charge in [0, 0.05) is 48.3 Å². The van der Waals surface area contributed by atoms with Gasteiger partial charge in [-0.1, -0.05) is 0 Å².